The zero-order valence-corrected chi connectivity index (χ0v) is 17.6. The van der Waals surface area contributed by atoms with Gasteiger partial charge in [-0.2, -0.15) is 0 Å². The Hall–Kier alpha value is -3.45. The second kappa shape index (κ2) is 8.00. The van der Waals surface area contributed by atoms with Crippen molar-refractivity contribution in [1.82, 2.24) is 19.2 Å². The minimum absolute atomic E-state index is 0.110. The quantitative estimate of drug-likeness (QED) is 0.375. The third kappa shape index (κ3) is 3.61. The first-order valence-electron chi connectivity index (χ1n) is 9.90. The molecule has 2 heterocycles. The molecule has 0 N–H and O–H groups in total. The zero-order chi connectivity index (χ0) is 21.4. The highest BCUT2D eigenvalue weighted by molar-refractivity contribution is 7.98. The lowest BCUT2D eigenvalue weighted by Gasteiger charge is -2.11. The molecule has 0 aliphatic rings. The first kappa shape index (κ1) is 19.5. The van der Waals surface area contributed by atoms with Gasteiger partial charge in [0.2, 0.25) is 5.78 Å². The molecule has 0 amide bonds. The van der Waals surface area contributed by atoms with E-state index in [0.717, 1.165) is 16.6 Å². The van der Waals surface area contributed by atoms with Crippen LogP contribution in [0.25, 0.3) is 16.7 Å². The lowest BCUT2D eigenvalue weighted by atomic mass is 10.1. The summed E-state index contributed by atoms with van der Waals surface area (Å²) in [6.07, 6.45) is 0. The molecule has 0 bridgehead atoms. The maximum Gasteiger partial charge on any atom is 0.263 e. The van der Waals surface area contributed by atoms with Crippen molar-refractivity contribution < 1.29 is 4.39 Å². The van der Waals surface area contributed by atoms with Gasteiger partial charge in [-0.25, -0.2) is 4.39 Å². The molecule has 0 aliphatic carbocycles. The molecule has 7 heteroatoms. The third-order valence-electron chi connectivity index (χ3n) is 5.25. The molecule has 5 aromatic rings. The Kier molecular flexibility index (Phi) is 5.03. The molecule has 0 fully saturated rings. The van der Waals surface area contributed by atoms with Crippen LogP contribution in [0.15, 0.2) is 82.7 Å². The van der Waals surface area contributed by atoms with Crippen LogP contribution < -0.4 is 5.56 Å². The summed E-state index contributed by atoms with van der Waals surface area (Å²) in [6.45, 7) is 2.42. The van der Waals surface area contributed by atoms with Gasteiger partial charge in [-0.3, -0.25) is 13.8 Å². The Morgan fingerprint density at radius 1 is 0.935 bits per heavy atom. The van der Waals surface area contributed by atoms with Crippen LogP contribution in [-0.4, -0.2) is 19.2 Å². The van der Waals surface area contributed by atoms with E-state index in [-0.39, 0.29) is 11.4 Å². The van der Waals surface area contributed by atoms with Crippen molar-refractivity contribution in [3.05, 3.63) is 106 Å². The number of hydrogen-bond donors (Lipinski definition) is 0. The van der Waals surface area contributed by atoms with E-state index in [1.807, 2.05) is 65.9 Å². The summed E-state index contributed by atoms with van der Waals surface area (Å²) in [6, 6.07) is 22.2. The van der Waals surface area contributed by atoms with Gasteiger partial charge in [0.25, 0.3) is 5.56 Å². The van der Waals surface area contributed by atoms with Crippen LogP contribution in [0, 0.1) is 12.7 Å². The summed E-state index contributed by atoms with van der Waals surface area (Å²) >= 11 is 1.40. The normalized spacial score (nSPS) is 11.4. The number of aromatic nitrogens is 4. The van der Waals surface area contributed by atoms with Crippen LogP contribution in [0.5, 0.6) is 0 Å². The molecule has 3 aromatic carbocycles. The van der Waals surface area contributed by atoms with Gasteiger partial charge < -0.3 is 0 Å². The van der Waals surface area contributed by atoms with Gasteiger partial charge >= 0.3 is 0 Å². The van der Waals surface area contributed by atoms with Crippen LogP contribution in [0.2, 0.25) is 0 Å². The molecule has 0 saturated heterocycles. The van der Waals surface area contributed by atoms with E-state index in [2.05, 4.69) is 10.2 Å². The minimum Gasteiger partial charge on any atom is -0.272 e. The zero-order valence-electron chi connectivity index (χ0n) is 16.8. The maximum absolute atomic E-state index is 14.1. The summed E-state index contributed by atoms with van der Waals surface area (Å²) in [5, 5.41) is 9.89. The predicted octanol–water partition coefficient (Wildman–Crippen LogP) is 4.83. The monoisotopic (exact) mass is 430 g/mol. The molecule has 5 nitrogen and oxygen atoms in total. The lowest BCUT2D eigenvalue weighted by Crippen LogP contribution is -2.24. The van der Waals surface area contributed by atoms with Gasteiger partial charge in [-0.1, -0.05) is 71.9 Å². The number of hydrogen-bond acceptors (Lipinski definition) is 4. The first-order valence-corrected chi connectivity index (χ1v) is 10.9. The highest BCUT2D eigenvalue weighted by Crippen LogP contribution is 2.25. The molecular weight excluding hydrogens is 411 g/mol. The summed E-state index contributed by atoms with van der Waals surface area (Å²) in [5.41, 5.74) is 3.40. The molecule has 2 aromatic heterocycles. The molecule has 0 radical (unpaired) electrons. The average Bonchev–Trinajstić information content (AvgIpc) is 3.21. The summed E-state index contributed by atoms with van der Waals surface area (Å²) in [7, 11) is 0. The number of fused-ring (bicyclic) bond motifs is 3. The van der Waals surface area contributed by atoms with E-state index in [0.29, 0.717) is 34.2 Å². The highest BCUT2D eigenvalue weighted by atomic mass is 32.2. The van der Waals surface area contributed by atoms with Gasteiger partial charge in [0.1, 0.15) is 5.82 Å². The maximum atomic E-state index is 14.1. The van der Waals surface area contributed by atoms with Crippen molar-refractivity contribution in [2.45, 2.75) is 24.4 Å². The fraction of sp³-hybridized carbons (Fsp3) is 0.125. The van der Waals surface area contributed by atoms with Crippen molar-refractivity contribution in [2.24, 2.45) is 0 Å². The Labute approximate surface area is 182 Å². The van der Waals surface area contributed by atoms with Gasteiger partial charge in [-0.05, 0) is 36.2 Å². The van der Waals surface area contributed by atoms with E-state index < -0.39 is 0 Å². The number of benzene rings is 3. The number of rotatable bonds is 5. The van der Waals surface area contributed by atoms with Crippen LogP contribution in [0.4, 0.5) is 4.39 Å². The highest BCUT2D eigenvalue weighted by Gasteiger charge is 2.17. The Morgan fingerprint density at radius 3 is 2.48 bits per heavy atom. The largest absolute Gasteiger partial charge is 0.272 e. The predicted molar refractivity (Wildman–Crippen MR) is 121 cm³/mol. The van der Waals surface area contributed by atoms with Crippen LogP contribution in [0.1, 0.15) is 16.7 Å². The Morgan fingerprint density at radius 2 is 1.68 bits per heavy atom. The molecule has 0 aliphatic heterocycles. The van der Waals surface area contributed by atoms with Crippen molar-refractivity contribution in [1.29, 1.82) is 0 Å². The first-order chi connectivity index (χ1) is 15.1. The van der Waals surface area contributed by atoms with Crippen molar-refractivity contribution in [3.63, 3.8) is 0 Å². The number of thioether (sulfide) groups is 1. The van der Waals surface area contributed by atoms with Crippen LogP contribution in [0.3, 0.4) is 0 Å². The van der Waals surface area contributed by atoms with E-state index >= 15 is 0 Å². The fourth-order valence-corrected chi connectivity index (χ4v) is 4.53. The number of para-hydroxylation sites is 1. The fourth-order valence-electron chi connectivity index (χ4n) is 3.60. The molecule has 5 rings (SSSR count). The van der Waals surface area contributed by atoms with E-state index in [9.17, 15) is 9.18 Å². The minimum atomic E-state index is -0.245. The van der Waals surface area contributed by atoms with Crippen LogP contribution in [-0.2, 0) is 12.3 Å². The Balaban J connectivity index is 1.64. The molecule has 0 saturated carbocycles. The van der Waals surface area contributed by atoms with E-state index in [1.165, 1.54) is 17.8 Å². The number of nitrogens with zero attached hydrogens (tertiary/aromatic N) is 4. The summed E-state index contributed by atoms with van der Waals surface area (Å²) in [4.78, 5) is 13.3. The van der Waals surface area contributed by atoms with E-state index in [1.54, 1.807) is 16.7 Å². The van der Waals surface area contributed by atoms with Crippen molar-refractivity contribution >= 4 is 28.4 Å². The van der Waals surface area contributed by atoms with Gasteiger partial charge in [0, 0.05) is 5.75 Å². The topological polar surface area (TPSA) is 52.2 Å². The molecule has 31 heavy (non-hydrogen) atoms. The smallest absolute Gasteiger partial charge is 0.263 e. The Bertz CT molecular complexity index is 1460. The van der Waals surface area contributed by atoms with Crippen molar-refractivity contribution in [3.8, 4) is 0 Å². The van der Waals surface area contributed by atoms with E-state index in [4.69, 9.17) is 0 Å². The standard InChI is InChI=1S/C24H19FN4OS/c1-16-10-12-17(13-11-16)14-28-22(30)19-7-3-5-9-21(19)29-23(28)26-27-24(29)31-15-18-6-2-4-8-20(18)25/h2-13H,14-15H2,1H3. The summed E-state index contributed by atoms with van der Waals surface area (Å²) in [5.74, 6) is 0.643. The SMILES string of the molecule is Cc1ccc(Cn2c(=O)c3ccccc3n3c(SCc4ccccc4F)nnc23)cc1. The number of halogens is 1. The summed E-state index contributed by atoms with van der Waals surface area (Å²) < 4.78 is 17.6. The van der Waals surface area contributed by atoms with Gasteiger partial charge in [-0.15, -0.1) is 10.2 Å². The van der Waals surface area contributed by atoms with Crippen molar-refractivity contribution in [2.75, 3.05) is 0 Å². The lowest BCUT2D eigenvalue weighted by molar-refractivity contribution is 0.617. The molecule has 0 unspecified atom stereocenters. The second-order valence-electron chi connectivity index (χ2n) is 7.39. The average molecular weight is 431 g/mol. The van der Waals surface area contributed by atoms with Crippen LogP contribution >= 0.6 is 11.8 Å². The molecule has 0 spiro atoms. The molecule has 0 atom stereocenters. The third-order valence-corrected chi connectivity index (χ3v) is 6.23. The molecule has 154 valence electrons. The molecular formula is C24H19FN4OS. The second-order valence-corrected chi connectivity index (χ2v) is 8.33. The van der Waals surface area contributed by atoms with Gasteiger partial charge in [0.05, 0.1) is 17.4 Å². The number of aryl methyl sites for hydroxylation is 1. The van der Waals surface area contributed by atoms with Gasteiger partial charge in [0.15, 0.2) is 5.16 Å².